The number of halogens is 1. The molecule has 1 heterocycles. The Hall–Kier alpha value is -2.20. The van der Waals surface area contributed by atoms with Gasteiger partial charge in [0.15, 0.2) is 11.5 Å². The molecule has 2 aromatic carbocycles. The van der Waals surface area contributed by atoms with E-state index in [1.165, 1.54) is 0 Å². The van der Waals surface area contributed by atoms with Gasteiger partial charge in [0.25, 0.3) is 0 Å². The van der Waals surface area contributed by atoms with Gasteiger partial charge in [0.05, 0.1) is 25.3 Å². The Morgan fingerprint density at radius 1 is 1.23 bits per heavy atom. The molecule has 1 aliphatic heterocycles. The number of hydrogen-bond acceptors (Lipinski definition) is 4. The van der Waals surface area contributed by atoms with Crippen LogP contribution in [0.25, 0.3) is 6.26 Å². The highest BCUT2D eigenvalue weighted by atomic mass is 35.5. The second-order valence-corrected chi connectivity index (χ2v) is 5.16. The summed E-state index contributed by atoms with van der Waals surface area (Å²) in [5, 5.41) is 2.27. The monoisotopic (exact) mass is 317 g/mol. The molecule has 0 aliphatic carbocycles. The van der Waals surface area contributed by atoms with Crippen LogP contribution in [0.4, 0.5) is 0 Å². The van der Waals surface area contributed by atoms with Crippen LogP contribution in [0.1, 0.15) is 18.7 Å². The molecule has 2 aromatic rings. The fraction of sp³-hybridized carbons (Fsp3) is 0.235. The van der Waals surface area contributed by atoms with Crippen molar-refractivity contribution in [3.8, 4) is 11.5 Å². The maximum absolute atomic E-state index is 6.21. The number of rotatable bonds is 4. The van der Waals surface area contributed by atoms with E-state index in [1.54, 1.807) is 13.4 Å². The van der Waals surface area contributed by atoms with Crippen molar-refractivity contribution in [3.05, 3.63) is 57.6 Å². The van der Waals surface area contributed by atoms with Crippen molar-refractivity contribution in [2.24, 2.45) is 4.99 Å². The Morgan fingerprint density at radius 3 is 2.77 bits per heavy atom. The van der Waals surface area contributed by atoms with Gasteiger partial charge < -0.3 is 14.2 Å². The summed E-state index contributed by atoms with van der Waals surface area (Å²) in [6.45, 7) is 2.49. The second kappa shape index (κ2) is 6.28. The molecule has 1 aliphatic rings. The first-order valence-electron chi connectivity index (χ1n) is 7.01. The van der Waals surface area contributed by atoms with Crippen LogP contribution in [0, 0.1) is 0 Å². The molecule has 0 spiro atoms. The molecule has 0 aromatic heterocycles. The molecule has 22 heavy (non-hydrogen) atoms. The van der Waals surface area contributed by atoms with Crippen molar-refractivity contribution in [3.63, 3.8) is 0 Å². The maximum atomic E-state index is 6.21. The predicted octanol–water partition coefficient (Wildman–Crippen LogP) is 2.83. The number of benzene rings is 2. The van der Waals surface area contributed by atoms with Gasteiger partial charge >= 0.3 is 0 Å². The first-order valence-corrected chi connectivity index (χ1v) is 7.39. The summed E-state index contributed by atoms with van der Waals surface area (Å²) in [6, 6.07) is 11.2. The minimum Gasteiger partial charge on any atom is -0.493 e. The van der Waals surface area contributed by atoms with Crippen LogP contribution in [0.3, 0.4) is 0 Å². The molecule has 0 saturated heterocycles. The number of nitrogens with zero attached hydrogens (tertiary/aromatic N) is 1. The van der Waals surface area contributed by atoms with Crippen LogP contribution in [0.5, 0.6) is 11.5 Å². The lowest BCUT2D eigenvalue weighted by Crippen LogP contribution is -2.30. The van der Waals surface area contributed by atoms with Gasteiger partial charge in [-0.25, -0.2) is 4.99 Å². The van der Waals surface area contributed by atoms with E-state index < -0.39 is 6.23 Å². The van der Waals surface area contributed by atoms with E-state index in [4.69, 9.17) is 25.8 Å². The number of fused-ring (bicyclic) bond motifs is 1. The first kappa shape index (κ1) is 14.7. The number of hydrogen-bond donors (Lipinski definition) is 0. The van der Waals surface area contributed by atoms with Gasteiger partial charge in [0.2, 0.25) is 6.23 Å². The molecule has 0 fully saturated rings. The third kappa shape index (κ3) is 2.74. The van der Waals surface area contributed by atoms with Gasteiger partial charge in [0.1, 0.15) is 0 Å². The van der Waals surface area contributed by atoms with Crippen LogP contribution in [0.2, 0.25) is 5.02 Å². The summed E-state index contributed by atoms with van der Waals surface area (Å²) in [4.78, 5) is 4.61. The van der Waals surface area contributed by atoms with Crippen molar-refractivity contribution >= 4 is 17.9 Å². The molecule has 114 valence electrons. The van der Waals surface area contributed by atoms with E-state index in [1.807, 2.05) is 43.3 Å². The van der Waals surface area contributed by atoms with Gasteiger partial charge in [-0.15, -0.1) is 0 Å². The SMILES string of the molecule is CCOc1cc2c(cc1OC)=NC(c1ccccc1Cl)OC=2. The minimum atomic E-state index is -0.455. The number of methoxy groups -OCH3 is 1. The van der Waals surface area contributed by atoms with Crippen LogP contribution >= 0.6 is 11.6 Å². The van der Waals surface area contributed by atoms with Crippen LogP contribution in [-0.2, 0) is 4.74 Å². The maximum Gasteiger partial charge on any atom is 0.216 e. The fourth-order valence-electron chi connectivity index (χ4n) is 2.31. The van der Waals surface area contributed by atoms with Crippen molar-refractivity contribution in [2.45, 2.75) is 13.2 Å². The Kier molecular flexibility index (Phi) is 4.20. The third-order valence-electron chi connectivity index (χ3n) is 3.36. The van der Waals surface area contributed by atoms with Crippen molar-refractivity contribution in [2.75, 3.05) is 13.7 Å². The quantitative estimate of drug-likeness (QED) is 0.870. The zero-order valence-electron chi connectivity index (χ0n) is 12.4. The van der Waals surface area contributed by atoms with E-state index in [2.05, 4.69) is 4.99 Å². The second-order valence-electron chi connectivity index (χ2n) is 4.75. The summed E-state index contributed by atoms with van der Waals surface area (Å²) < 4.78 is 16.6. The topological polar surface area (TPSA) is 40.0 Å². The number of ether oxygens (including phenoxy) is 3. The lowest BCUT2D eigenvalue weighted by molar-refractivity contribution is 0.181. The molecule has 5 heteroatoms. The van der Waals surface area contributed by atoms with Crippen molar-refractivity contribution in [1.82, 2.24) is 0 Å². The summed E-state index contributed by atoms with van der Waals surface area (Å²) >= 11 is 6.21. The van der Waals surface area contributed by atoms with E-state index in [0.29, 0.717) is 23.1 Å². The smallest absolute Gasteiger partial charge is 0.216 e. The van der Waals surface area contributed by atoms with E-state index >= 15 is 0 Å². The van der Waals surface area contributed by atoms with Gasteiger partial charge in [-0.1, -0.05) is 29.8 Å². The summed E-state index contributed by atoms with van der Waals surface area (Å²) in [5.41, 5.74) is 0.832. The van der Waals surface area contributed by atoms with Gasteiger partial charge in [0, 0.05) is 21.9 Å². The van der Waals surface area contributed by atoms with Gasteiger partial charge in [-0.3, -0.25) is 0 Å². The lowest BCUT2D eigenvalue weighted by atomic mass is 10.2. The molecule has 0 N–H and O–H groups in total. The summed E-state index contributed by atoms with van der Waals surface area (Å²) in [7, 11) is 1.61. The largest absolute Gasteiger partial charge is 0.493 e. The lowest BCUT2D eigenvalue weighted by Gasteiger charge is -2.18. The van der Waals surface area contributed by atoms with Gasteiger partial charge in [-0.05, 0) is 19.1 Å². The zero-order chi connectivity index (χ0) is 15.5. The fourth-order valence-corrected chi connectivity index (χ4v) is 2.54. The molecule has 3 rings (SSSR count). The molecule has 0 saturated carbocycles. The van der Waals surface area contributed by atoms with E-state index in [9.17, 15) is 0 Å². The van der Waals surface area contributed by atoms with Crippen LogP contribution in [0.15, 0.2) is 41.4 Å². The predicted molar refractivity (Wildman–Crippen MR) is 84.7 cm³/mol. The molecular formula is C17H16ClNO3. The Balaban J connectivity index is 2.07. The average Bonchev–Trinajstić information content (AvgIpc) is 2.54. The van der Waals surface area contributed by atoms with E-state index in [0.717, 1.165) is 16.1 Å². The Morgan fingerprint density at radius 2 is 2.05 bits per heavy atom. The van der Waals surface area contributed by atoms with E-state index in [-0.39, 0.29) is 0 Å². The molecule has 0 radical (unpaired) electrons. The average molecular weight is 318 g/mol. The standard InChI is InChI=1S/C17H16ClNO3/c1-3-21-16-8-11-10-22-17(12-6-4-5-7-13(12)18)19-14(11)9-15(16)20-2/h4-10,17H,3H2,1-2H3. The molecule has 0 bridgehead atoms. The minimum absolute atomic E-state index is 0.455. The molecule has 0 amide bonds. The highest BCUT2D eigenvalue weighted by Crippen LogP contribution is 2.28. The zero-order valence-corrected chi connectivity index (χ0v) is 13.1. The van der Waals surface area contributed by atoms with Crippen molar-refractivity contribution in [1.29, 1.82) is 0 Å². The highest BCUT2D eigenvalue weighted by molar-refractivity contribution is 6.31. The van der Waals surface area contributed by atoms with Crippen LogP contribution in [-0.4, -0.2) is 13.7 Å². The normalized spacial score (nSPS) is 15.9. The molecule has 1 unspecified atom stereocenters. The Bertz CT molecular complexity index is 804. The first-order chi connectivity index (χ1) is 10.7. The molecule has 4 nitrogen and oxygen atoms in total. The van der Waals surface area contributed by atoms with Crippen molar-refractivity contribution < 1.29 is 14.2 Å². The molecule has 1 atom stereocenters. The summed E-state index contributed by atoms with van der Waals surface area (Å²) in [5.74, 6) is 1.33. The Labute approximate surface area is 133 Å². The molecular weight excluding hydrogens is 302 g/mol. The van der Waals surface area contributed by atoms with Crippen LogP contribution < -0.4 is 20.0 Å². The summed E-state index contributed by atoms with van der Waals surface area (Å²) in [6.07, 6.45) is 1.22. The third-order valence-corrected chi connectivity index (χ3v) is 3.71. The highest BCUT2D eigenvalue weighted by Gasteiger charge is 2.17. The van der Waals surface area contributed by atoms with Gasteiger partial charge in [-0.2, -0.15) is 0 Å².